The van der Waals surface area contributed by atoms with E-state index in [1.807, 2.05) is 17.8 Å². The third kappa shape index (κ3) is 2.61. The molecule has 1 aliphatic rings. The zero-order chi connectivity index (χ0) is 16.4. The predicted molar refractivity (Wildman–Crippen MR) is 85.3 cm³/mol. The number of hydrogen-bond donors (Lipinski definition) is 0. The van der Waals surface area contributed by atoms with Crippen LogP contribution in [-0.2, 0) is 23.9 Å². The van der Waals surface area contributed by atoms with E-state index >= 15 is 0 Å². The summed E-state index contributed by atoms with van der Waals surface area (Å²) in [7, 11) is 5.55. The summed E-state index contributed by atoms with van der Waals surface area (Å²) in [6.07, 6.45) is 10.3. The lowest BCUT2D eigenvalue weighted by Crippen LogP contribution is -2.53. The maximum absolute atomic E-state index is 13.1. The SMILES string of the molecule is CN(C)C(=O)[C@@]1(c2cnccn2)CCCN1Cc1cncn1C. The van der Waals surface area contributed by atoms with Gasteiger partial charge in [0.15, 0.2) is 0 Å². The molecule has 3 rings (SSSR count). The Morgan fingerprint density at radius 1 is 1.30 bits per heavy atom. The van der Waals surface area contributed by atoms with Gasteiger partial charge in [0.2, 0.25) is 5.91 Å². The molecule has 0 radical (unpaired) electrons. The first-order valence-corrected chi connectivity index (χ1v) is 7.74. The van der Waals surface area contributed by atoms with Gasteiger partial charge in [-0.15, -0.1) is 0 Å². The normalized spacial score (nSPS) is 21.5. The maximum Gasteiger partial charge on any atom is 0.248 e. The van der Waals surface area contributed by atoms with Gasteiger partial charge in [0, 0.05) is 52.8 Å². The first-order valence-electron chi connectivity index (χ1n) is 7.74. The lowest BCUT2D eigenvalue weighted by Gasteiger charge is -2.38. The highest BCUT2D eigenvalue weighted by molar-refractivity contribution is 5.87. The van der Waals surface area contributed by atoms with Gasteiger partial charge in [-0.2, -0.15) is 0 Å². The van der Waals surface area contributed by atoms with E-state index in [4.69, 9.17) is 0 Å². The second kappa shape index (κ2) is 6.08. The van der Waals surface area contributed by atoms with Gasteiger partial charge in [0.05, 0.1) is 23.9 Å². The second-order valence-corrected chi connectivity index (χ2v) is 6.17. The van der Waals surface area contributed by atoms with Crippen LogP contribution in [0.15, 0.2) is 31.1 Å². The van der Waals surface area contributed by atoms with Gasteiger partial charge < -0.3 is 9.47 Å². The summed E-state index contributed by atoms with van der Waals surface area (Å²) in [6, 6.07) is 0. The molecule has 23 heavy (non-hydrogen) atoms. The molecule has 1 amide bonds. The molecular formula is C16H22N6O. The maximum atomic E-state index is 13.1. The number of nitrogens with zero attached hydrogens (tertiary/aromatic N) is 6. The number of carbonyl (C=O) groups excluding carboxylic acids is 1. The standard InChI is InChI=1S/C16H22N6O/c1-20(2)15(23)16(14-10-17-6-7-19-14)5-4-8-22(16)11-13-9-18-12-21(13)3/h6-7,9-10,12H,4-5,8,11H2,1-3H3/t16-/m0/s1. The Morgan fingerprint density at radius 3 is 2.74 bits per heavy atom. The minimum atomic E-state index is -0.748. The zero-order valence-electron chi connectivity index (χ0n) is 13.8. The second-order valence-electron chi connectivity index (χ2n) is 6.17. The van der Waals surface area contributed by atoms with E-state index < -0.39 is 5.54 Å². The molecule has 1 atom stereocenters. The van der Waals surface area contributed by atoms with Crippen LogP contribution in [0.4, 0.5) is 0 Å². The fourth-order valence-corrected chi connectivity index (χ4v) is 3.35. The van der Waals surface area contributed by atoms with Gasteiger partial charge in [-0.25, -0.2) is 4.98 Å². The molecule has 1 fully saturated rings. The molecule has 0 aliphatic carbocycles. The Balaban J connectivity index is 2.03. The van der Waals surface area contributed by atoms with Crippen molar-refractivity contribution in [2.75, 3.05) is 20.6 Å². The fraction of sp³-hybridized carbons (Fsp3) is 0.500. The van der Waals surface area contributed by atoms with Gasteiger partial charge in [-0.05, 0) is 12.8 Å². The van der Waals surface area contributed by atoms with Crippen LogP contribution in [0, 0.1) is 0 Å². The number of carbonyl (C=O) groups is 1. The highest BCUT2D eigenvalue weighted by Gasteiger charge is 2.51. The van der Waals surface area contributed by atoms with Gasteiger partial charge in [-0.1, -0.05) is 0 Å². The number of hydrogen-bond acceptors (Lipinski definition) is 5. The number of imidazole rings is 1. The molecule has 1 aliphatic heterocycles. The molecule has 0 aromatic carbocycles. The van der Waals surface area contributed by atoms with Crippen LogP contribution in [0.3, 0.4) is 0 Å². The van der Waals surface area contributed by atoms with Crippen LogP contribution < -0.4 is 0 Å². The van der Waals surface area contributed by atoms with Crippen molar-refractivity contribution in [3.8, 4) is 0 Å². The summed E-state index contributed by atoms with van der Waals surface area (Å²) in [5, 5.41) is 0. The van der Waals surface area contributed by atoms with E-state index in [0.29, 0.717) is 6.54 Å². The van der Waals surface area contributed by atoms with E-state index in [2.05, 4.69) is 19.9 Å². The minimum absolute atomic E-state index is 0.0534. The number of rotatable bonds is 4. The lowest BCUT2D eigenvalue weighted by molar-refractivity contribution is -0.141. The van der Waals surface area contributed by atoms with Crippen molar-refractivity contribution in [3.05, 3.63) is 42.5 Å². The van der Waals surface area contributed by atoms with E-state index in [0.717, 1.165) is 30.8 Å². The number of likely N-dealkylation sites (N-methyl/N-ethyl adjacent to an activating group) is 1. The van der Waals surface area contributed by atoms with Crippen molar-refractivity contribution < 1.29 is 4.79 Å². The molecule has 1 saturated heterocycles. The smallest absolute Gasteiger partial charge is 0.248 e. The van der Waals surface area contributed by atoms with Crippen LogP contribution in [0.2, 0.25) is 0 Å². The van der Waals surface area contributed by atoms with Crippen LogP contribution in [0.5, 0.6) is 0 Å². The molecule has 7 nitrogen and oxygen atoms in total. The molecule has 2 aromatic heterocycles. The average molecular weight is 314 g/mol. The molecule has 0 bridgehead atoms. The molecule has 0 spiro atoms. The van der Waals surface area contributed by atoms with Crippen molar-refractivity contribution in [1.29, 1.82) is 0 Å². The van der Waals surface area contributed by atoms with Crippen LogP contribution in [0.25, 0.3) is 0 Å². The Kier molecular flexibility index (Phi) is 4.12. The van der Waals surface area contributed by atoms with Crippen molar-refractivity contribution in [2.24, 2.45) is 7.05 Å². The highest BCUT2D eigenvalue weighted by Crippen LogP contribution is 2.40. The summed E-state index contributed by atoms with van der Waals surface area (Å²) >= 11 is 0. The summed E-state index contributed by atoms with van der Waals surface area (Å²) in [6.45, 7) is 1.51. The van der Waals surface area contributed by atoms with E-state index in [1.54, 1.807) is 43.9 Å². The number of aryl methyl sites for hydroxylation is 1. The van der Waals surface area contributed by atoms with Crippen molar-refractivity contribution >= 4 is 5.91 Å². The molecule has 0 saturated carbocycles. The first-order chi connectivity index (χ1) is 11.1. The molecular weight excluding hydrogens is 292 g/mol. The Hall–Kier alpha value is -2.28. The lowest BCUT2D eigenvalue weighted by atomic mass is 9.90. The van der Waals surface area contributed by atoms with Crippen LogP contribution in [-0.4, -0.2) is 55.9 Å². The Morgan fingerprint density at radius 2 is 2.13 bits per heavy atom. The first kappa shape index (κ1) is 15.6. The topological polar surface area (TPSA) is 67.2 Å². The zero-order valence-corrected chi connectivity index (χ0v) is 13.8. The number of aromatic nitrogens is 4. The third-order valence-corrected chi connectivity index (χ3v) is 4.52. The van der Waals surface area contributed by atoms with E-state index in [1.165, 1.54) is 0 Å². The van der Waals surface area contributed by atoms with Gasteiger partial charge in [-0.3, -0.25) is 19.7 Å². The van der Waals surface area contributed by atoms with Gasteiger partial charge in [0.25, 0.3) is 0 Å². The molecule has 7 heteroatoms. The summed E-state index contributed by atoms with van der Waals surface area (Å²) in [5.74, 6) is 0.0534. The fourth-order valence-electron chi connectivity index (χ4n) is 3.35. The van der Waals surface area contributed by atoms with E-state index in [-0.39, 0.29) is 5.91 Å². The molecule has 0 unspecified atom stereocenters. The van der Waals surface area contributed by atoms with Crippen LogP contribution in [0.1, 0.15) is 24.2 Å². The van der Waals surface area contributed by atoms with Gasteiger partial charge in [0.1, 0.15) is 5.54 Å². The van der Waals surface area contributed by atoms with Gasteiger partial charge >= 0.3 is 0 Å². The largest absolute Gasteiger partial charge is 0.347 e. The summed E-state index contributed by atoms with van der Waals surface area (Å²) < 4.78 is 1.99. The molecule has 2 aromatic rings. The Bertz CT molecular complexity index is 683. The van der Waals surface area contributed by atoms with Crippen molar-refractivity contribution in [2.45, 2.75) is 24.9 Å². The van der Waals surface area contributed by atoms with E-state index in [9.17, 15) is 4.79 Å². The van der Waals surface area contributed by atoms with Crippen LogP contribution >= 0.6 is 0 Å². The molecule has 122 valence electrons. The summed E-state index contributed by atoms with van der Waals surface area (Å²) in [4.78, 5) is 29.8. The summed E-state index contributed by atoms with van der Waals surface area (Å²) in [5.41, 5.74) is 1.05. The average Bonchev–Trinajstić information content (AvgIpc) is 3.15. The molecule has 3 heterocycles. The quantitative estimate of drug-likeness (QED) is 0.835. The molecule has 0 N–H and O–H groups in total. The minimum Gasteiger partial charge on any atom is -0.347 e. The predicted octanol–water partition coefficient (Wildman–Crippen LogP) is 0.790. The number of amides is 1. The Labute approximate surface area is 136 Å². The monoisotopic (exact) mass is 314 g/mol. The third-order valence-electron chi connectivity index (χ3n) is 4.52. The number of likely N-dealkylation sites (tertiary alicyclic amines) is 1. The highest BCUT2D eigenvalue weighted by atomic mass is 16.2. The van der Waals surface area contributed by atoms with Crippen molar-refractivity contribution in [3.63, 3.8) is 0 Å². The van der Waals surface area contributed by atoms with Crippen molar-refractivity contribution in [1.82, 2.24) is 29.3 Å².